The number of carbonyl (C=O) groups excluding carboxylic acids is 1. The predicted octanol–water partition coefficient (Wildman–Crippen LogP) is 5.19. The number of furan rings is 2. The SMILES string of the molecule is O=C(Nc1ccc(-c2nc3ccccc3[nH]2)cc1)C(c1ccco1)c1ccco1. The van der Waals surface area contributed by atoms with Crippen molar-refractivity contribution in [1.82, 2.24) is 9.97 Å². The molecule has 1 amide bonds. The number of imidazole rings is 1. The highest BCUT2D eigenvalue weighted by molar-refractivity contribution is 5.97. The van der Waals surface area contributed by atoms with E-state index in [9.17, 15) is 4.79 Å². The smallest absolute Gasteiger partial charge is 0.242 e. The predicted molar refractivity (Wildman–Crippen MR) is 109 cm³/mol. The molecule has 5 rings (SSSR count). The van der Waals surface area contributed by atoms with Crippen LogP contribution in [-0.2, 0) is 4.79 Å². The molecule has 2 N–H and O–H groups in total. The first kappa shape index (κ1) is 17.1. The summed E-state index contributed by atoms with van der Waals surface area (Å²) in [4.78, 5) is 20.8. The number of anilines is 1. The number of fused-ring (bicyclic) bond motifs is 1. The van der Waals surface area contributed by atoms with Crippen molar-refractivity contribution in [1.29, 1.82) is 0 Å². The average molecular weight is 383 g/mol. The Morgan fingerprint density at radius 3 is 2.17 bits per heavy atom. The second-order valence-electron chi connectivity index (χ2n) is 6.63. The van der Waals surface area contributed by atoms with E-state index in [-0.39, 0.29) is 5.91 Å². The molecule has 6 heteroatoms. The first-order valence-corrected chi connectivity index (χ1v) is 9.21. The molecule has 3 heterocycles. The molecule has 0 radical (unpaired) electrons. The molecular formula is C23H17N3O3. The molecule has 3 aromatic heterocycles. The summed E-state index contributed by atoms with van der Waals surface area (Å²) in [6.07, 6.45) is 3.08. The topological polar surface area (TPSA) is 84.1 Å². The Bertz CT molecular complexity index is 1170. The zero-order valence-electron chi connectivity index (χ0n) is 15.3. The van der Waals surface area contributed by atoms with Crippen molar-refractivity contribution in [3.05, 3.63) is 96.8 Å². The third-order valence-electron chi connectivity index (χ3n) is 4.73. The Kier molecular flexibility index (Phi) is 4.22. The van der Waals surface area contributed by atoms with Crippen LogP contribution in [0, 0.1) is 0 Å². The number of aromatic nitrogens is 2. The molecule has 0 bridgehead atoms. The molecule has 0 aliphatic heterocycles. The van der Waals surface area contributed by atoms with Crippen molar-refractivity contribution in [2.45, 2.75) is 5.92 Å². The number of hydrogen-bond donors (Lipinski definition) is 2. The van der Waals surface area contributed by atoms with E-state index in [1.165, 1.54) is 0 Å². The van der Waals surface area contributed by atoms with E-state index in [4.69, 9.17) is 8.83 Å². The van der Waals surface area contributed by atoms with E-state index in [0.717, 1.165) is 22.4 Å². The van der Waals surface area contributed by atoms with Gasteiger partial charge in [-0.05, 0) is 60.7 Å². The molecule has 6 nitrogen and oxygen atoms in total. The number of rotatable bonds is 5. The van der Waals surface area contributed by atoms with Crippen LogP contribution in [-0.4, -0.2) is 15.9 Å². The molecule has 5 aromatic rings. The summed E-state index contributed by atoms with van der Waals surface area (Å²) < 4.78 is 10.9. The lowest BCUT2D eigenvalue weighted by Crippen LogP contribution is -2.21. The fourth-order valence-electron chi connectivity index (χ4n) is 3.33. The van der Waals surface area contributed by atoms with Crippen LogP contribution in [0.5, 0.6) is 0 Å². The zero-order valence-corrected chi connectivity index (χ0v) is 15.3. The standard InChI is InChI=1S/C23H17N3O3/c27-23(21(19-7-3-13-28-19)20-8-4-14-29-20)24-16-11-9-15(10-12-16)22-25-17-5-1-2-6-18(17)26-22/h1-14,21H,(H,24,27)(H,25,26). The lowest BCUT2D eigenvalue weighted by Gasteiger charge is -2.13. The summed E-state index contributed by atoms with van der Waals surface area (Å²) in [7, 11) is 0. The number of aromatic amines is 1. The van der Waals surface area contributed by atoms with Crippen molar-refractivity contribution in [2.24, 2.45) is 0 Å². The molecule has 0 saturated carbocycles. The van der Waals surface area contributed by atoms with Crippen LogP contribution in [0.3, 0.4) is 0 Å². The summed E-state index contributed by atoms with van der Waals surface area (Å²) >= 11 is 0. The summed E-state index contributed by atoms with van der Waals surface area (Å²) in [6, 6.07) is 22.4. The van der Waals surface area contributed by atoms with Gasteiger partial charge in [0.25, 0.3) is 0 Å². The average Bonchev–Trinajstić information content (AvgIpc) is 3.51. The highest BCUT2D eigenvalue weighted by Crippen LogP contribution is 2.28. The number of amides is 1. The summed E-state index contributed by atoms with van der Waals surface area (Å²) in [5.74, 6) is 0.947. The van der Waals surface area contributed by atoms with E-state index in [2.05, 4.69) is 15.3 Å². The maximum Gasteiger partial charge on any atom is 0.242 e. The van der Waals surface area contributed by atoms with Crippen LogP contribution >= 0.6 is 0 Å². The van der Waals surface area contributed by atoms with Gasteiger partial charge in [0.15, 0.2) is 5.92 Å². The van der Waals surface area contributed by atoms with Gasteiger partial charge in [-0.1, -0.05) is 12.1 Å². The Labute approximate surface area is 166 Å². The van der Waals surface area contributed by atoms with E-state index >= 15 is 0 Å². The molecule has 0 atom stereocenters. The van der Waals surface area contributed by atoms with E-state index in [1.54, 1.807) is 36.8 Å². The normalized spacial score (nSPS) is 11.2. The van der Waals surface area contributed by atoms with Crippen LogP contribution in [0.25, 0.3) is 22.4 Å². The molecule has 142 valence electrons. The van der Waals surface area contributed by atoms with Gasteiger partial charge >= 0.3 is 0 Å². The van der Waals surface area contributed by atoms with Crippen molar-refractivity contribution < 1.29 is 13.6 Å². The highest BCUT2D eigenvalue weighted by atomic mass is 16.3. The van der Waals surface area contributed by atoms with Crippen molar-refractivity contribution in [3.8, 4) is 11.4 Å². The number of H-pyrrole nitrogens is 1. The Morgan fingerprint density at radius 2 is 1.55 bits per heavy atom. The Morgan fingerprint density at radius 1 is 0.862 bits per heavy atom. The van der Waals surface area contributed by atoms with Gasteiger partial charge in [0.05, 0.1) is 23.6 Å². The van der Waals surface area contributed by atoms with E-state index in [0.29, 0.717) is 17.2 Å². The molecule has 0 unspecified atom stereocenters. The molecule has 0 aliphatic rings. The number of hydrogen-bond acceptors (Lipinski definition) is 4. The first-order chi connectivity index (χ1) is 14.3. The third-order valence-corrected chi connectivity index (χ3v) is 4.73. The number of para-hydroxylation sites is 2. The summed E-state index contributed by atoms with van der Waals surface area (Å²) in [6.45, 7) is 0. The first-order valence-electron chi connectivity index (χ1n) is 9.21. The van der Waals surface area contributed by atoms with Gasteiger partial charge in [0.1, 0.15) is 17.3 Å². The van der Waals surface area contributed by atoms with Crippen LogP contribution in [0.15, 0.2) is 94.2 Å². The molecule has 2 aromatic carbocycles. The fourth-order valence-corrected chi connectivity index (χ4v) is 3.33. The van der Waals surface area contributed by atoms with Crippen LogP contribution in [0.2, 0.25) is 0 Å². The van der Waals surface area contributed by atoms with Gasteiger partial charge < -0.3 is 19.1 Å². The maximum atomic E-state index is 12.9. The minimum Gasteiger partial charge on any atom is -0.468 e. The van der Waals surface area contributed by atoms with Crippen LogP contribution in [0.1, 0.15) is 17.4 Å². The molecule has 0 aliphatic carbocycles. The van der Waals surface area contributed by atoms with Gasteiger partial charge in [0, 0.05) is 11.3 Å². The minimum absolute atomic E-state index is 0.230. The molecule has 0 fully saturated rings. The van der Waals surface area contributed by atoms with Gasteiger partial charge in [-0.25, -0.2) is 4.98 Å². The number of benzene rings is 2. The number of carbonyl (C=O) groups is 1. The molecule has 0 spiro atoms. The maximum absolute atomic E-state index is 12.9. The quantitative estimate of drug-likeness (QED) is 0.438. The molecular weight excluding hydrogens is 366 g/mol. The second-order valence-corrected chi connectivity index (χ2v) is 6.63. The Hall–Kier alpha value is -4.06. The highest BCUT2D eigenvalue weighted by Gasteiger charge is 2.28. The van der Waals surface area contributed by atoms with Gasteiger partial charge in [-0.2, -0.15) is 0 Å². The number of nitrogens with zero attached hydrogens (tertiary/aromatic N) is 1. The van der Waals surface area contributed by atoms with Crippen LogP contribution in [0.4, 0.5) is 5.69 Å². The fraction of sp³-hybridized carbons (Fsp3) is 0.0435. The van der Waals surface area contributed by atoms with E-state index in [1.807, 2.05) is 48.5 Å². The van der Waals surface area contributed by atoms with Gasteiger partial charge in [-0.15, -0.1) is 0 Å². The molecule has 29 heavy (non-hydrogen) atoms. The second kappa shape index (κ2) is 7.16. The Balaban J connectivity index is 1.38. The lowest BCUT2D eigenvalue weighted by atomic mass is 10.0. The third kappa shape index (κ3) is 3.32. The monoisotopic (exact) mass is 383 g/mol. The number of nitrogens with one attached hydrogen (secondary N) is 2. The summed E-state index contributed by atoms with van der Waals surface area (Å²) in [5.41, 5.74) is 3.52. The lowest BCUT2D eigenvalue weighted by molar-refractivity contribution is -0.117. The summed E-state index contributed by atoms with van der Waals surface area (Å²) in [5, 5.41) is 2.93. The van der Waals surface area contributed by atoms with Gasteiger partial charge in [-0.3, -0.25) is 4.79 Å². The largest absolute Gasteiger partial charge is 0.468 e. The zero-order chi connectivity index (χ0) is 19.6. The van der Waals surface area contributed by atoms with Crippen molar-refractivity contribution in [2.75, 3.05) is 5.32 Å². The van der Waals surface area contributed by atoms with Gasteiger partial charge in [0.2, 0.25) is 5.91 Å². The molecule has 0 saturated heterocycles. The minimum atomic E-state index is -0.657. The van der Waals surface area contributed by atoms with E-state index < -0.39 is 5.92 Å². The van der Waals surface area contributed by atoms with Crippen molar-refractivity contribution >= 4 is 22.6 Å². The van der Waals surface area contributed by atoms with Crippen molar-refractivity contribution in [3.63, 3.8) is 0 Å². The van der Waals surface area contributed by atoms with Crippen LogP contribution < -0.4 is 5.32 Å².